The fraction of sp³-hybridized carbons (Fsp3) is 0. The van der Waals surface area contributed by atoms with Gasteiger partial charge in [-0.25, -0.2) is 9.37 Å². The fourth-order valence-electron chi connectivity index (χ4n) is 2.10. The van der Waals surface area contributed by atoms with Crippen molar-refractivity contribution in [3.63, 3.8) is 0 Å². The Labute approximate surface area is 133 Å². The number of hydrogen-bond donors (Lipinski definition) is 1. The van der Waals surface area contributed by atoms with Crippen LogP contribution in [0.15, 0.2) is 53.1 Å². The zero-order chi connectivity index (χ0) is 15.7. The second kappa shape index (κ2) is 5.69. The van der Waals surface area contributed by atoms with Gasteiger partial charge < -0.3 is 5.32 Å². The van der Waals surface area contributed by atoms with E-state index in [1.54, 1.807) is 12.1 Å². The summed E-state index contributed by atoms with van der Waals surface area (Å²) >= 11 is 3.35. The third kappa shape index (κ3) is 2.75. The molecule has 3 aromatic rings. The standard InChI is InChI=1S/C15H9BrFN3O2/c16-9-1-6-13-12(7-9)15(14(8-18-13)20(21)22)19-11-4-2-10(17)3-5-11/h1-8H,(H,18,19). The summed E-state index contributed by atoms with van der Waals surface area (Å²) in [7, 11) is 0. The van der Waals surface area contributed by atoms with Crippen LogP contribution < -0.4 is 5.32 Å². The van der Waals surface area contributed by atoms with Gasteiger partial charge in [0.05, 0.1) is 10.4 Å². The molecule has 0 aliphatic heterocycles. The van der Waals surface area contributed by atoms with Crippen LogP contribution >= 0.6 is 15.9 Å². The summed E-state index contributed by atoms with van der Waals surface area (Å²) in [6, 6.07) is 10.9. The van der Waals surface area contributed by atoms with Gasteiger partial charge in [0.25, 0.3) is 0 Å². The number of rotatable bonds is 3. The van der Waals surface area contributed by atoms with Crippen LogP contribution in [0.3, 0.4) is 0 Å². The van der Waals surface area contributed by atoms with Crippen LogP contribution in [0.25, 0.3) is 10.9 Å². The number of pyridine rings is 1. The van der Waals surface area contributed by atoms with Crippen LogP contribution in [-0.2, 0) is 0 Å². The highest BCUT2D eigenvalue weighted by Gasteiger charge is 2.18. The number of nitrogens with zero attached hydrogens (tertiary/aromatic N) is 2. The molecule has 1 heterocycles. The Morgan fingerprint density at radius 2 is 1.91 bits per heavy atom. The van der Waals surface area contributed by atoms with Crippen molar-refractivity contribution in [3.05, 3.63) is 69.1 Å². The second-order valence-electron chi connectivity index (χ2n) is 4.57. The zero-order valence-electron chi connectivity index (χ0n) is 11.1. The first kappa shape index (κ1) is 14.4. The molecule has 2 aromatic carbocycles. The molecule has 0 amide bonds. The zero-order valence-corrected chi connectivity index (χ0v) is 12.7. The Kier molecular flexibility index (Phi) is 3.72. The van der Waals surface area contributed by atoms with Gasteiger partial charge in [0.15, 0.2) is 0 Å². The lowest BCUT2D eigenvalue weighted by Crippen LogP contribution is -1.99. The van der Waals surface area contributed by atoms with Crippen molar-refractivity contribution in [3.8, 4) is 0 Å². The fourth-order valence-corrected chi connectivity index (χ4v) is 2.46. The first-order chi connectivity index (χ1) is 10.5. The highest BCUT2D eigenvalue weighted by atomic mass is 79.9. The van der Waals surface area contributed by atoms with E-state index in [1.165, 1.54) is 30.5 Å². The van der Waals surface area contributed by atoms with Crippen molar-refractivity contribution in [1.29, 1.82) is 0 Å². The summed E-state index contributed by atoms with van der Waals surface area (Å²) in [5, 5.41) is 14.8. The maximum atomic E-state index is 13.0. The van der Waals surface area contributed by atoms with Gasteiger partial charge in [0.1, 0.15) is 17.7 Å². The number of anilines is 2. The summed E-state index contributed by atoms with van der Waals surface area (Å²) in [5.74, 6) is -0.373. The summed E-state index contributed by atoms with van der Waals surface area (Å²) in [6.07, 6.45) is 1.21. The number of halogens is 2. The Balaban J connectivity index is 2.19. The Hall–Kier alpha value is -2.54. The maximum Gasteiger partial charge on any atom is 0.311 e. The average molecular weight is 362 g/mol. The van der Waals surface area contributed by atoms with Gasteiger partial charge in [-0.2, -0.15) is 0 Å². The molecule has 0 unspecified atom stereocenters. The van der Waals surface area contributed by atoms with E-state index >= 15 is 0 Å². The van der Waals surface area contributed by atoms with E-state index in [1.807, 2.05) is 6.07 Å². The topological polar surface area (TPSA) is 68.1 Å². The van der Waals surface area contributed by atoms with E-state index in [-0.39, 0.29) is 11.5 Å². The quantitative estimate of drug-likeness (QED) is 0.537. The lowest BCUT2D eigenvalue weighted by Gasteiger charge is -2.10. The first-order valence-electron chi connectivity index (χ1n) is 6.30. The van der Waals surface area contributed by atoms with Gasteiger partial charge in [-0.3, -0.25) is 10.1 Å². The monoisotopic (exact) mass is 361 g/mol. The molecule has 110 valence electrons. The molecule has 0 spiro atoms. The Morgan fingerprint density at radius 1 is 1.18 bits per heavy atom. The summed E-state index contributed by atoms with van der Waals surface area (Å²) in [5.41, 5.74) is 1.35. The van der Waals surface area contributed by atoms with Gasteiger partial charge in [-0.15, -0.1) is 0 Å². The van der Waals surface area contributed by atoms with Crippen LogP contribution in [0.5, 0.6) is 0 Å². The molecule has 0 fully saturated rings. The van der Waals surface area contributed by atoms with Crippen LogP contribution in [-0.4, -0.2) is 9.91 Å². The van der Waals surface area contributed by atoms with E-state index in [0.717, 1.165) is 4.47 Å². The number of nitro groups is 1. The predicted octanol–water partition coefficient (Wildman–Crippen LogP) is 4.79. The molecule has 0 saturated carbocycles. The third-order valence-corrected chi connectivity index (χ3v) is 3.61. The van der Waals surface area contributed by atoms with Gasteiger partial charge in [0.2, 0.25) is 0 Å². The predicted molar refractivity (Wildman–Crippen MR) is 85.8 cm³/mol. The maximum absolute atomic E-state index is 13.0. The van der Waals surface area contributed by atoms with Crippen LogP contribution in [0, 0.1) is 15.9 Å². The lowest BCUT2D eigenvalue weighted by atomic mass is 10.1. The molecule has 3 rings (SSSR count). The van der Waals surface area contributed by atoms with Crippen molar-refractivity contribution >= 4 is 43.9 Å². The average Bonchev–Trinajstić information content (AvgIpc) is 2.49. The van der Waals surface area contributed by atoms with E-state index in [9.17, 15) is 14.5 Å². The molecule has 7 heteroatoms. The van der Waals surface area contributed by atoms with Crippen LogP contribution in [0.2, 0.25) is 0 Å². The van der Waals surface area contributed by atoms with Crippen molar-refractivity contribution in [2.75, 3.05) is 5.32 Å². The van der Waals surface area contributed by atoms with E-state index in [0.29, 0.717) is 22.3 Å². The molecule has 0 atom stereocenters. The minimum atomic E-state index is -0.501. The van der Waals surface area contributed by atoms with Gasteiger partial charge >= 0.3 is 5.69 Å². The molecule has 0 bridgehead atoms. The molecule has 1 aromatic heterocycles. The normalized spacial score (nSPS) is 10.6. The highest BCUT2D eigenvalue weighted by Crippen LogP contribution is 2.35. The van der Waals surface area contributed by atoms with E-state index < -0.39 is 4.92 Å². The van der Waals surface area contributed by atoms with Crippen molar-refractivity contribution in [2.24, 2.45) is 0 Å². The number of nitrogens with one attached hydrogen (secondary N) is 1. The largest absolute Gasteiger partial charge is 0.349 e. The molecular formula is C15H9BrFN3O2. The van der Waals surface area contributed by atoms with E-state index in [4.69, 9.17) is 0 Å². The minimum Gasteiger partial charge on any atom is -0.349 e. The molecular weight excluding hydrogens is 353 g/mol. The summed E-state index contributed by atoms with van der Waals surface area (Å²) in [4.78, 5) is 14.8. The third-order valence-electron chi connectivity index (χ3n) is 3.12. The lowest BCUT2D eigenvalue weighted by molar-refractivity contribution is -0.384. The second-order valence-corrected chi connectivity index (χ2v) is 5.48. The van der Waals surface area contributed by atoms with Gasteiger partial charge in [-0.05, 0) is 42.5 Å². The van der Waals surface area contributed by atoms with Crippen LogP contribution in [0.4, 0.5) is 21.5 Å². The summed E-state index contributed by atoms with van der Waals surface area (Å²) in [6.45, 7) is 0. The first-order valence-corrected chi connectivity index (χ1v) is 7.09. The smallest absolute Gasteiger partial charge is 0.311 e. The summed E-state index contributed by atoms with van der Waals surface area (Å²) < 4.78 is 13.8. The molecule has 5 nitrogen and oxygen atoms in total. The molecule has 1 N–H and O–H groups in total. The number of hydrogen-bond acceptors (Lipinski definition) is 4. The Bertz CT molecular complexity index is 869. The van der Waals surface area contributed by atoms with Crippen LogP contribution in [0.1, 0.15) is 0 Å². The van der Waals surface area contributed by atoms with Crippen molar-refractivity contribution in [2.45, 2.75) is 0 Å². The number of fused-ring (bicyclic) bond motifs is 1. The van der Waals surface area contributed by atoms with E-state index in [2.05, 4.69) is 26.2 Å². The molecule has 0 radical (unpaired) electrons. The molecule has 0 aliphatic carbocycles. The van der Waals surface area contributed by atoms with Crippen molar-refractivity contribution in [1.82, 2.24) is 4.98 Å². The Morgan fingerprint density at radius 3 is 2.59 bits per heavy atom. The van der Waals surface area contributed by atoms with Gasteiger partial charge in [0, 0.05) is 15.5 Å². The van der Waals surface area contributed by atoms with Gasteiger partial charge in [-0.1, -0.05) is 15.9 Å². The molecule has 22 heavy (non-hydrogen) atoms. The number of aromatic nitrogens is 1. The van der Waals surface area contributed by atoms with Crippen molar-refractivity contribution < 1.29 is 9.31 Å². The minimum absolute atomic E-state index is 0.144. The number of benzene rings is 2. The highest BCUT2D eigenvalue weighted by molar-refractivity contribution is 9.10. The molecule has 0 saturated heterocycles. The SMILES string of the molecule is O=[N+]([O-])c1cnc2ccc(Br)cc2c1Nc1ccc(F)cc1. The molecule has 0 aliphatic rings.